The maximum absolute atomic E-state index is 12.3. The largest absolute Gasteiger partial charge is 0.490 e. The Hall–Kier alpha value is -2.62. The number of likely N-dealkylation sites (N-methyl/N-ethyl adjacent to an activating group) is 1. The average molecular weight is 324 g/mol. The van der Waals surface area contributed by atoms with Crippen LogP contribution in [0, 0.1) is 11.3 Å². The number of ether oxygens (including phenoxy) is 2. The quantitative estimate of drug-likeness (QED) is 0.690. The lowest BCUT2D eigenvalue weighted by atomic mass is 10.2. The van der Waals surface area contributed by atoms with Gasteiger partial charge in [-0.15, -0.1) is 0 Å². The zero-order valence-corrected chi connectivity index (χ0v) is 13.0. The van der Waals surface area contributed by atoms with Crippen LogP contribution in [0.1, 0.15) is 18.9 Å². The lowest BCUT2D eigenvalue weighted by molar-refractivity contribution is -0.124. The minimum absolute atomic E-state index is 0.0588. The maximum atomic E-state index is 12.3. The van der Waals surface area contributed by atoms with Gasteiger partial charge >= 0.3 is 6.61 Å². The molecule has 5 nitrogen and oxygen atoms in total. The fourth-order valence-electron chi connectivity index (χ4n) is 1.71. The van der Waals surface area contributed by atoms with Crippen LogP contribution in [0.5, 0.6) is 11.5 Å². The van der Waals surface area contributed by atoms with Crippen LogP contribution >= 0.6 is 0 Å². The molecule has 0 bridgehead atoms. The molecule has 1 aromatic carbocycles. The van der Waals surface area contributed by atoms with Gasteiger partial charge in [0, 0.05) is 19.7 Å². The molecule has 0 aliphatic carbocycles. The van der Waals surface area contributed by atoms with Crippen molar-refractivity contribution in [1.29, 1.82) is 5.26 Å². The van der Waals surface area contributed by atoms with Crippen LogP contribution in [0.4, 0.5) is 8.78 Å². The van der Waals surface area contributed by atoms with Gasteiger partial charge < -0.3 is 14.4 Å². The number of rotatable bonds is 8. The van der Waals surface area contributed by atoms with Crippen molar-refractivity contribution in [2.75, 3.05) is 20.2 Å². The topological polar surface area (TPSA) is 62.6 Å². The van der Waals surface area contributed by atoms with E-state index in [1.165, 1.54) is 23.1 Å². The highest BCUT2D eigenvalue weighted by atomic mass is 19.3. The van der Waals surface area contributed by atoms with E-state index in [0.717, 1.165) is 0 Å². The van der Waals surface area contributed by atoms with Gasteiger partial charge in [0.05, 0.1) is 19.1 Å². The Kier molecular flexibility index (Phi) is 7.54. The summed E-state index contributed by atoms with van der Waals surface area (Å²) in [5, 5.41) is 8.49. The number of carbonyl (C=O) groups is 1. The predicted octanol–water partition coefficient (Wildman–Crippen LogP) is 3.07. The molecule has 1 aromatic rings. The van der Waals surface area contributed by atoms with E-state index in [9.17, 15) is 13.6 Å². The van der Waals surface area contributed by atoms with Crippen molar-refractivity contribution in [3.8, 4) is 17.6 Å². The van der Waals surface area contributed by atoms with Crippen molar-refractivity contribution in [1.82, 2.24) is 4.90 Å². The molecule has 0 atom stereocenters. The molecule has 0 saturated heterocycles. The van der Waals surface area contributed by atoms with Crippen molar-refractivity contribution in [2.45, 2.75) is 20.0 Å². The van der Waals surface area contributed by atoms with Crippen molar-refractivity contribution in [3.63, 3.8) is 0 Å². The lowest BCUT2D eigenvalue weighted by Gasteiger charge is -2.13. The number of alkyl halides is 2. The Morgan fingerprint density at radius 3 is 2.78 bits per heavy atom. The van der Waals surface area contributed by atoms with E-state index in [0.29, 0.717) is 18.7 Å². The van der Waals surface area contributed by atoms with E-state index in [4.69, 9.17) is 10.00 Å². The van der Waals surface area contributed by atoms with Crippen LogP contribution in [0.2, 0.25) is 0 Å². The van der Waals surface area contributed by atoms with Crippen LogP contribution in [0.15, 0.2) is 24.3 Å². The number of carbonyl (C=O) groups excluding carboxylic acids is 1. The first-order chi connectivity index (χ1) is 11.0. The Bertz CT molecular complexity index is 597. The van der Waals surface area contributed by atoms with Gasteiger partial charge in [-0.25, -0.2) is 0 Å². The van der Waals surface area contributed by atoms with Gasteiger partial charge in [-0.3, -0.25) is 4.79 Å². The third-order valence-corrected chi connectivity index (χ3v) is 2.84. The molecule has 0 N–H and O–H groups in total. The average Bonchev–Trinajstić information content (AvgIpc) is 2.52. The molecule has 0 fully saturated rings. The number of halogens is 2. The highest BCUT2D eigenvalue weighted by Gasteiger charge is 2.11. The Balaban J connectivity index is 2.84. The van der Waals surface area contributed by atoms with Gasteiger partial charge in [-0.1, -0.05) is 6.07 Å². The summed E-state index contributed by atoms with van der Waals surface area (Å²) in [7, 11) is 1.59. The van der Waals surface area contributed by atoms with Crippen molar-refractivity contribution in [3.05, 3.63) is 29.8 Å². The van der Waals surface area contributed by atoms with Gasteiger partial charge in [0.1, 0.15) is 0 Å². The van der Waals surface area contributed by atoms with Gasteiger partial charge in [0.25, 0.3) is 0 Å². The second-order valence-electron chi connectivity index (χ2n) is 4.52. The third kappa shape index (κ3) is 6.34. The van der Waals surface area contributed by atoms with E-state index < -0.39 is 6.61 Å². The summed E-state index contributed by atoms with van der Waals surface area (Å²) in [5.74, 6) is -0.136. The number of nitriles is 1. The minimum Gasteiger partial charge on any atom is -0.490 e. The summed E-state index contributed by atoms with van der Waals surface area (Å²) in [6, 6.07) is 6.38. The monoisotopic (exact) mass is 324 g/mol. The van der Waals surface area contributed by atoms with Gasteiger partial charge in [-0.05, 0) is 30.7 Å². The molecule has 1 amide bonds. The number of nitrogens with zero attached hydrogens (tertiary/aromatic N) is 2. The number of hydrogen-bond donors (Lipinski definition) is 0. The second-order valence-corrected chi connectivity index (χ2v) is 4.52. The van der Waals surface area contributed by atoms with Crippen molar-refractivity contribution < 1.29 is 23.0 Å². The summed E-state index contributed by atoms with van der Waals surface area (Å²) >= 11 is 0. The molecule has 23 heavy (non-hydrogen) atoms. The maximum Gasteiger partial charge on any atom is 0.387 e. The first-order valence-electron chi connectivity index (χ1n) is 6.99. The van der Waals surface area contributed by atoms with E-state index >= 15 is 0 Å². The molecular weight excluding hydrogens is 306 g/mol. The summed E-state index contributed by atoms with van der Waals surface area (Å²) < 4.78 is 34.3. The zero-order chi connectivity index (χ0) is 17.2. The highest BCUT2D eigenvalue weighted by molar-refractivity contribution is 5.91. The van der Waals surface area contributed by atoms with Crippen LogP contribution in [-0.2, 0) is 4.79 Å². The predicted molar refractivity (Wildman–Crippen MR) is 81.1 cm³/mol. The number of hydrogen-bond acceptors (Lipinski definition) is 4. The first kappa shape index (κ1) is 18.4. The molecule has 7 heteroatoms. The van der Waals surface area contributed by atoms with E-state index in [2.05, 4.69) is 4.74 Å². The Labute approximate surface area is 133 Å². The molecule has 0 unspecified atom stereocenters. The second kappa shape index (κ2) is 9.41. The highest BCUT2D eigenvalue weighted by Crippen LogP contribution is 2.30. The van der Waals surface area contributed by atoms with E-state index in [-0.39, 0.29) is 23.8 Å². The molecule has 1 rings (SSSR count). The summed E-state index contributed by atoms with van der Waals surface area (Å²) in [6.07, 6.45) is 3.14. The van der Waals surface area contributed by atoms with Crippen LogP contribution in [0.3, 0.4) is 0 Å². The molecule has 0 spiro atoms. The normalized spacial score (nSPS) is 10.6. The molecule has 0 heterocycles. The fraction of sp³-hybridized carbons (Fsp3) is 0.375. The smallest absolute Gasteiger partial charge is 0.387 e. The SMILES string of the molecule is CCOc1cc(C=CC(=O)N(C)CCC#N)ccc1OC(F)F. The summed E-state index contributed by atoms with van der Waals surface area (Å²) in [4.78, 5) is 13.2. The van der Waals surface area contributed by atoms with Crippen molar-refractivity contribution in [2.24, 2.45) is 0 Å². The van der Waals surface area contributed by atoms with E-state index in [1.54, 1.807) is 26.1 Å². The molecular formula is C16H18F2N2O3. The van der Waals surface area contributed by atoms with E-state index in [1.807, 2.05) is 6.07 Å². The molecule has 0 aliphatic rings. The molecule has 0 aromatic heterocycles. The molecule has 124 valence electrons. The summed E-state index contributed by atoms with van der Waals surface area (Å²) in [5.41, 5.74) is 0.608. The van der Waals surface area contributed by atoms with Gasteiger partial charge in [-0.2, -0.15) is 14.0 Å². The van der Waals surface area contributed by atoms with Crippen LogP contribution < -0.4 is 9.47 Å². The Morgan fingerprint density at radius 2 is 2.17 bits per heavy atom. The third-order valence-electron chi connectivity index (χ3n) is 2.84. The Morgan fingerprint density at radius 1 is 1.43 bits per heavy atom. The van der Waals surface area contributed by atoms with Gasteiger partial charge in [0.15, 0.2) is 11.5 Å². The fourth-order valence-corrected chi connectivity index (χ4v) is 1.71. The standard InChI is InChI=1S/C16H18F2N2O3/c1-3-22-14-11-12(5-7-13(14)23-16(17)18)6-8-15(21)20(2)10-4-9-19/h5-8,11,16H,3-4,10H2,1-2H3. The minimum atomic E-state index is -2.94. The molecule has 0 radical (unpaired) electrons. The number of amides is 1. The first-order valence-corrected chi connectivity index (χ1v) is 6.99. The summed E-state index contributed by atoms with van der Waals surface area (Å²) in [6.45, 7) is -0.582. The van der Waals surface area contributed by atoms with Crippen LogP contribution in [-0.4, -0.2) is 37.6 Å². The van der Waals surface area contributed by atoms with Gasteiger partial charge in [0.2, 0.25) is 5.91 Å². The zero-order valence-electron chi connectivity index (χ0n) is 13.0. The van der Waals surface area contributed by atoms with Crippen molar-refractivity contribution >= 4 is 12.0 Å². The molecule has 0 aliphatic heterocycles. The van der Waals surface area contributed by atoms with Crippen LogP contribution in [0.25, 0.3) is 6.08 Å². The molecule has 0 saturated carbocycles. The lowest BCUT2D eigenvalue weighted by Crippen LogP contribution is -2.25. The number of benzene rings is 1.